The molecule has 6 heteroatoms. The third-order valence-electron chi connectivity index (χ3n) is 3.12. The van der Waals surface area contributed by atoms with Gasteiger partial charge in [-0.25, -0.2) is 4.98 Å². The van der Waals surface area contributed by atoms with E-state index in [1.165, 1.54) is 18.3 Å². The zero-order chi connectivity index (χ0) is 15.4. The number of aromatic nitrogens is 1. The maximum Gasteiger partial charge on any atom is 0.224 e. The van der Waals surface area contributed by atoms with Crippen LogP contribution in [0.5, 0.6) is 0 Å². The number of benzene rings is 1. The van der Waals surface area contributed by atoms with Crippen LogP contribution in [-0.2, 0) is 16.0 Å². The number of anilines is 1. The molecule has 5 nitrogen and oxygen atoms in total. The van der Waals surface area contributed by atoms with E-state index in [0.717, 1.165) is 22.2 Å². The molecule has 0 saturated heterocycles. The van der Waals surface area contributed by atoms with Gasteiger partial charge in [0.2, 0.25) is 11.8 Å². The molecule has 21 heavy (non-hydrogen) atoms. The summed E-state index contributed by atoms with van der Waals surface area (Å²) in [6, 6.07) is 5.92. The SMILES string of the molecule is CC[C@H](C)NC(=O)Cc1ccc2nc(NC(C)=O)sc2c1. The Morgan fingerprint density at radius 1 is 1.38 bits per heavy atom. The average Bonchev–Trinajstić information content (AvgIpc) is 2.78. The second-order valence-electron chi connectivity index (χ2n) is 5.06. The minimum Gasteiger partial charge on any atom is -0.353 e. The van der Waals surface area contributed by atoms with Gasteiger partial charge in [-0.15, -0.1) is 0 Å². The predicted octanol–water partition coefficient (Wildman–Crippen LogP) is 2.71. The Kier molecular flexibility index (Phi) is 4.90. The van der Waals surface area contributed by atoms with Gasteiger partial charge in [0, 0.05) is 13.0 Å². The van der Waals surface area contributed by atoms with Gasteiger partial charge in [-0.2, -0.15) is 0 Å². The first-order valence-electron chi connectivity index (χ1n) is 6.94. The topological polar surface area (TPSA) is 71.1 Å². The van der Waals surface area contributed by atoms with Gasteiger partial charge in [0.25, 0.3) is 0 Å². The zero-order valence-corrected chi connectivity index (χ0v) is 13.2. The van der Waals surface area contributed by atoms with E-state index in [2.05, 4.69) is 15.6 Å². The summed E-state index contributed by atoms with van der Waals surface area (Å²) in [4.78, 5) is 27.2. The van der Waals surface area contributed by atoms with Crippen LogP contribution in [0.15, 0.2) is 18.2 Å². The summed E-state index contributed by atoms with van der Waals surface area (Å²) >= 11 is 1.41. The first-order chi connectivity index (χ1) is 9.97. The number of nitrogens with one attached hydrogen (secondary N) is 2. The average molecular weight is 305 g/mol. The van der Waals surface area contributed by atoms with Crippen LogP contribution in [0.2, 0.25) is 0 Å². The summed E-state index contributed by atoms with van der Waals surface area (Å²) in [5, 5.41) is 6.21. The van der Waals surface area contributed by atoms with Crippen molar-refractivity contribution in [2.75, 3.05) is 5.32 Å². The largest absolute Gasteiger partial charge is 0.353 e. The molecule has 0 fully saturated rings. The molecule has 0 aliphatic heterocycles. The first kappa shape index (κ1) is 15.4. The maximum atomic E-state index is 11.9. The minimum atomic E-state index is -0.137. The molecule has 2 rings (SSSR count). The molecule has 1 heterocycles. The number of hydrogen-bond donors (Lipinski definition) is 2. The molecule has 1 aromatic carbocycles. The lowest BCUT2D eigenvalue weighted by atomic mass is 10.1. The smallest absolute Gasteiger partial charge is 0.224 e. The second kappa shape index (κ2) is 6.67. The molecule has 2 amide bonds. The van der Waals surface area contributed by atoms with Crippen molar-refractivity contribution in [3.8, 4) is 0 Å². The molecule has 0 unspecified atom stereocenters. The normalized spacial score (nSPS) is 12.1. The van der Waals surface area contributed by atoms with E-state index in [4.69, 9.17) is 0 Å². The van der Waals surface area contributed by atoms with Gasteiger partial charge in [0.05, 0.1) is 16.6 Å². The lowest BCUT2D eigenvalue weighted by Crippen LogP contribution is -2.33. The summed E-state index contributed by atoms with van der Waals surface area (Å²) in [5.74, 6) is -0.113. The lowest BCUT2D eigenvalue weighted by Gasteiger charge is -2.11. The fourth-order valence-corrected chi connectivity index (χ4v) is 2.87. The Bertz CT molecular complexity index is 666. The Morgan fingerprint density at radius 3 is 2.81 bits per heavy atom. The van der Waals surface area contributed by atoms with Crippen molar-refractivity contribution in [2.24, 2.45) is 0 Å². The van der Waals surface area contributed by atoms with Gasteiger partial charge in [-0.3, -0.25) is 9.59 Å². The van der Waals surface area contributed by atoms with Crippen LogP contribution in [0.3, 0.4) is 0 Å². The number of rotatable bonds is 5. The monoisotopic (exact) mass is 305 g/mol. The molecule has 0 bridgehead atoms. The summed E-state index contributed by atoms with van der Waals surface area (Å²) in [5.41, 5.74) is 1.77. The Labute approximate surface area is 127 Å². The van der Waals surface area contributed by atoms with Crippen molar-refractivity contribution in [3.63, 3.8) is 0 Å². The molecular weight excluding hydrogens is 286 g/mol. The van der Waals surface area contributed by atoms with E-state index in [1.54, 1.807) is 0 Å². The Balaban J connectivity index is 2.11. The molecule has 112 valence electrons. The highest BCUT2D eigenvalue weighted by molar-refractivity contribution is 7.22. The lowest BCUT2D eigenvalue weighted by molar-refractivity contribution is -0.121. The molecular formula is C15H19N3O2S. The molecule has 1 aromatic heterocycles. The quantitative estimate of drug-likeness (QED) is 0.892. The summed E-state index contributed by atoms with van der Waals surface area (Å²) in [6.45, 7) is 5.48. The fraction of sp³-hybridized carbons (Fsp3) is 0.400. The summed E-state index contributed by atoms with van der Waals surface area (Å²) in [7, 11) is 0. The van der Waals surface area contributed by atoms with E-state index < -0.39 is 0 Å². The Hall–Kier alpha value is -1.95. The number of amides is 2. The summed E-state index contributed by atoms with van der Waals surface area (Å²) in [6.07, 6.45) is 1.27. The van der Waals surface area contributed by atoms with Crippen LogP contribution < -0.4 is 10.6 Å². The molecule has 0 aliphatic rings. The van der Waals surface area contributed by atoms with Gasteiger partial charge in [-0.1, -0.05) is 24.3 Å². The van der Waals surface area contributed by atoms with Crippen LogP contribution in [0.25, 0.3) is 10.2 Å². The van der Waals surface area contributed by atoms with Gasteiger partial charge < -0.3 is 10.6 Å². The van der Waals surface area contributed by atoms with Crippen molar-refractivity contribution in [3.05, 3.63) is 23.8 Å². The van der Waals surface area contributed by atoms with E-state index in [0.29, 0.717) is 11.6 Å². The molecule has 0 radical (unpaired) electrons. The van der Waals surface area contributed by atoms with Crippen molar-refractivity contribution >= 4 is 38.5 Å². The second-order valence-corrected chi connectivity index (χ2v) is 6.09. The number of nitrogens with zero attached hydrogens (tertiary/aromatic N) is 1. The number of thiazole rings is 1. The number of fused-ring (bicyclic) bond motifs is 1. The molecule has 2 aromatic rings. The fourth-order valence-electron chi connectivity index (χ4n) is 1.90. The predicted molar refractivity (Wildman–Crippen MR) is 85.5 cm³/mol. The maximum absolute atomic E-state index is 11.9. The van der Waals surface area contributed by atoms with E-state index in [-0.39, 0.29) is 17.9 Å². The van der Waals surface area contributed by atoms with Gasteiger partial charge >= 0.3 is 0 Å². The van der Waals surface area contributed by atoms with Crippen LogP contribution >= 0.6 is 11.3 Å². The van der Waals surface area contributed by atoms with Crippen LogP contribution in [-0.4, -0.2) is 22.8 Å². The van der Waals surface area contributed by atoms with Crippen molar-refractivity contribution < 1.29 is 9.59 Å². The molecule has 0 aliphatic carbocycles. The third-order valence-corrected chi connectivity index (χ3v) is 4.05. The van der Waals surface area contributed by atoms with Crippen molar-refractivity contribution in [2.45, 2.75) is 39.7 Å². The zero-order valence-electron chi connectivity index (χ0n) is 12.4. The highest BCUT2D eigenvalue weighted by Gasteiger charge is 2.09. The van der Waals surface area contributed by atoms with Gasteiger partial charge in [0.1, 0.15) is 0 Å². The van der Waals surface area contributed by atoms with Crippen molar-refractivity contribution in [1.82, 2.24) is 10.3 Å². The number of carbonyl (C=O) groups is 2. The number of hydrogen-bond acceptors (Lipinski definition) is 4. The van der Waals surface area contributed by atoms with Gasteiger partial charge in [0.15, 0.2) is 5.13 Å². The Morgan fingerprint density at radius 2 is 2.14 bits per heavy atom. The molecule has 1 atom stereocenters. The standard InChI is InChI=1S/C15H19N3O2S/c1-4-9(2)16-14(20)8-11-5-6-12-13(7-11)21-15(18-12)17-10(3)19/h5-7,9H,4,8H2,1-3H3,(H,16,20)(H,17,18,19)/t9-/m0/s1. The first-order valence-corrected chi connectivity index (χ1v) is 7.76. The highest BCUT2D eigenvalue weighted by Crippen LogP contribution is 2.26. The summed E-state index contributed by atoms with van der Waals surface area (Å²) < 4.78 is 0.965. The minimum absolute atomic E-state index is 0.0234. The van der Waals surface area contributed by atoms with E-state index in [1.807, 2.05) is 32.0 Å². The highest BCUT2D eigenvalue weighted by atomic mass is 32.1. The van der Waals surface area contributed by atoms with Crippen LogP contribution in [0.4, 0.5) is 5.13 Å². The molecule has 0 spiro atoms. The molecule has 0 saturated carbocycles. The van der Waals surface area contributed by atoms with E-state index >= 15 is 0 Å². The number of carbonyl (C=O) groups excluding carboxylic acids is 2. The van der Waals surface area contributed by atoms with Crippen LogP contribution in [0.1, 0.15) is 32.8 Å². The van der Waals surface area contributed by atoms with Crippen LogP contribution in [0, 0.1) is 0 Å². The van der Waals surface area contributed by atoms with E-state index in [9.17, 15) is 9.59 Å². The van der Waals surface area contributed by atoms with Crippen molar-refractivity contribution in [1.29, 1.82) is 0 Å². The molecule has 2 N–H and O–H groups in total. The third kappa shape index (κ3) is 4.26. The van der Waals surface area contributed by atoms with Gasteiger partial charge in [-0.05, 0) is 31.0 Å².